The molecule has 1 N–H and O–H groups in total. The zero-order chi connectivity index (χ0) is 24.0. The third kappa shape index (κ3) is 6.83. The number of hydrogen-bond donors (Lipinski definition) is 1. The first-order chi connectivity index (χ1) is 15.8. The predicted molar refractivity (Wildman–Crippen MR) is 135 cm³/mol. The van der Waals surface area contributed by atoms with Crippen molar-refractivity contribution in [3.8, 4) is 0 Å². The molecule has 1 atom stereocenters. The summed E-state index contributed by atoms with van der Waals surface area (Å²) in [6.07, 6.45) is 0.604. The third-order valence-electron chi connectivity index (χ3n) is 5.49. The van der Waals surface area contributed by atoms with Crippen LogP contribution in [0.25, 0.3) is 0 Å². The molecule has 0 heterocycles. The topological polar surface area (TPSA) is 49.4 Å². The SMILES string of the molecule is CNC(=O)C(Cc1ccccc1)N(Cc1ccc(Cl)c(Cl)c1)C(=O)Cc1cc(C)cc(C)c1. The molecule has 172 valence electrons. The minimum absolute atomic E-state index is 0.129. The Morgan fingerprint density at radius 3 is 2.12 bits per heavy atom. The highest BCUT2D eigenvalue weighted by molar-refractivity contribution is 6.42. The smallest absolute Gasteiger partial charge is 0.242 e. The predicted octanol–water partition coefficient (Wildman–Crippen LogP) is 5.54. The van der Waals surface area contributed by atoms with Gasteiger partial charge >= 0.3 is 0 Å². The molecular formula is C27H28Cl2N2O2. The molecule has 33 heavy (non-hydrogen) atoms. The Balaban J connectivity index is 1.97. The van der Waals surface area contributed by atoms with E-state index in [1.165, 1.54) is 0 Å². The molecule has 0 aliphatic heterocycles. The van der Waals surface area contributed by atoms with E-state index in [9.17, 15) is 9.59 Å². The van der Waals surface area contributed by atoms with E-state index in [4.69, 9.17) is 23.2 Å². The van der Waals surface area contributed by atoms with Gasteiger partial charge in [-0.05, 0) is 42.7 Å². The third-order valence-corrected chi connectivity index (χ3v) is 6.23. The zero-order valence-corrected chi connectivity index (χ0v) is 20.6. The Morgan fingerprint density at radius 2 is 1.52 bits per heavy atom. The summed E-state index contributed by atoms with van der Waals surface area (Å²) in [7, 11) is 1.59. The summed E-state index contributed by atoms with van der Waals surface area (Å²) in [4.78, 5) is 28.3. The summed E-state index contributed by atoms with van der Waals surface area (Å²) in [6.45, 7) is 4.26. The summed E-state index contributed by atoms with van der Waals surface area (Å²) in [5.74, 6) is -0.344. The van der Waals surface area contributed by atoms with Crippen LogP contribution >= 0.6 is 23.2 Å². The van der Waals surface area contributed by atoms with E-state index in [0.717, 1.165) is 27.8 Å². The number of hydrogen-bond acceptors (Lipinski definition) is 2. The zero-order valence-electron chi connectivity index (χ0n) is 19.1. The van der Waals surface area contributed by atoms with Crippen molar-refractivity contribution in [2.45, 2.75) is 39.3 Å². The van der Waals surface area contributed by atoms with E-state index in [2.05, 4.69) is 11.4 Å². The quantitative estimate of drug-likeness (QED) is 0.458. The molecular weight excluding hydrogens is 455 g/mol. The summed E-state index contributed by atoms with van der Waals surface area (Å²) in [5.41, 5.74) is 4.90. The molecule has 6 heteroatoms. The van der Waals surface area contributed by atoms with Gasteiger partial charge in [0.05, 0.1) is 16.5 Å². The maximum absolute atomic E-state index is 13.6. The Labute approximate surface area is 205 Å². The maximum Gasteiger partial charge on any atom is 0.242 e. The van der Waals surface area contributed by atoms with E-state index in [0.29, 0.717) is 16.5 Å². The van der Waals surface area contributed by atoms with Gasteiger partial charge in [0, 0.05) is 20.0 Å². The Hall–Kier alpha value is -2.82. The van der Waals surface area contributed by atoms with E-state index in [1.807, 2.05) is 62.4 Å². The van der Waals surface area contributed by atoms with Crippen LogP contribution in [0, 0.1) is 13.8 Å². The minimum Gasteiger partial charge on any atom is -0.357 e. The van der Waals surface area contributed by atoms with Gasteiger partial charge in [0.2, 0.25) is 11.8 Å². The molecule has 0 spiro atoms. The number of carbonyl (C=O) groups excluding carboxylic acids is 2. The molecule has 3 aromatic rings. The normalized spacial score (nSPS) is 11.7. The van der Waals surface area contributed by atoms with Crippen LogP contribution < -0.4 is 5.32 Å². The van der Waals surface area contributed by atoms with Crippen molar-refractivity contribution in [1.82, 2.24) is 10.2 Å². The number of nitrogens with zero attached hydrogens (tertiary/aromatic N) is 1. The molecule has 0 aliphatic carbocycles. The second-order valence-electron chi connectivity index (χ2n) is 8.26. The Morgan fingerprint density at radius 1 is 0.848 bits per heavy atom. The molecule has 2 amide bonds. The van der Waals surface area contributed by atoms with Crippen molar-refractivity contribution in [3.05, 3.63) is 105 Å². The second kappa shape index (κ2) is 11.4. The number of aryl methyl sites for hydroxylation is 2. The molecule has 1 unspecified atom stereocenters. The summed E-state index contributed by atoms with van der Waals surface area (Å²) >= 11 is 12.3. The van der Waals surface area contributed by atoms with Crippen LogP contribution in [0.15, 0.2) is 66.7 Å². The fourth-order valence-electron chi connectivity index (χ4n) is 4.00. The summed E-state index contributed by atoms with van der Waals surface area (Å²) in [6, 6.07) is 20.4. The van der Waals surface area contributed by atoms with Crippen LogP contribution in [-0.2, 0) is 29.0 Å². The van der Waals surface area contributed by atoms with Crippen LogP contribution in [0.5, 0.6) is 0 Å². The van der Waals surface area contributed by atoms with Crippen LogP contribution in [0.4, 0.5) is 0 Å². The number of amides is 2. The van der Waals surface area contributed by atoms with E-state index >= 15 is 0 Å². The first-order valence-corrected chi connectivity index (χ1v) is 11.6. The van der Waals surface area contributed by atoms with Crippen molar-refractivity contribution < 1.29 is 9.59 Å². The van der Waals surface area contributed by atoms with Gasteiger partial charge in [-0.3, -0.25) is 9.59 Å². The molecule has 4 nitrogen and oxygen atoms in total. The molecule has 3 aromatic carbocycles. The Kier molecular flexibility index (Phi) is 8.54. The number of halogens is 2. The average Bonchev–Trinajstić information content (AvgIpc) is 2.78. The molecule has 0 aromatic heterocycles. The minimum atomic E-state index is -0.676. The van der Waals surface area contributed by atoms with Crippen LogP contribution in [0.1, 0.15) is 27.8 Å². The first kappa shape index (κ1) is 24.8. The Bertz CT molecular complexity index is 1110. The lowest BCUT2D eigenvalue weighted by atomic mass is 10.0. The number of nitrogens with one attached hydrogen (secondary N) is 1. The highest BCUT2D eigenvalue weighted by Crippen LogP contribution is 2.25. The van der Waals surface area contributed by atoms with Gasteiger partial charge in [-0.1, -0.05) is 88.9 Å². The maximum atomic E-state index is 13.6. The van der Waals surface area contributed by atoms with Gasteiger partial charge in [-0.15, -0.1) is 0 Å². The molecule has 0 aliphatic rings. The molecule has 0 fully saturated rings. The van der Waals surface area contributed by atoms with Crippen molar-refractivity contribution >= 4 is 35.0 Å². The number of carbonyl (C=O) groups is 2. The number of likely N-dealkylation sites (N-methyl/N-ethyl adjacent to an activating group) is 1. The van der Waals surface area contributed by atoms with Crippen LogP contribution in [0.2, 0.25) is 10.0 Å². The molecule has 0 radical (unpaired) electrons. The van der Waals surface area contributed by atoms with Gasteiger partial charge in [0.1, 0.15) is 6.04 Å². The molecule has 0 saturated heterocycles. The van der Waals surface area contributed by atoms with E-state index in [1.54, 1.807) is 24.1 Å². The van der Waals surface area contributed by atoms with Crippen LogP contribution in [-0.4, -0.2) is 29.8 Å². The van der Waals surface area contributed by atoms with Gasteiger partial charge in [0.15, 0.2) is 0 Å². The highest BCUT2D eigenvalue weighted by Gasteiger charge is 2.30. The summed E-state index contributed by atoms with van der Waals surface area (Å²) < 4.78 is 0. The van der Waals surface area contributed by atoms with Gasteiger partial charge in [-0.2, -0.15) is 0 Å². The van der Waals surface area contributed by atoms with E-state index in [-0.39, 0.29) is 24.8 Å². The van der Waals surface area contributed by atoms with Crippen LogP contribution in [0.3, 0.4) is 0 Å². The number of rotatable bonds is 8. The highest BCUT2D eigenvalue weighted by atomic mass is 35.5. The first-order valence-electron chi connectivity index (χ1n) is 10.8. The fraction of sp³-hybridized carbons (Fsp3) is 0.259. The van der Waals surface area contributed by atoms with Crippen molar-refractivity contribution in [1.29, 1.82) is 0 Å². The van der Waals surface area contributed by atoms with Crippen molar-refractivity contribution in [2.24, 2.45) is 0 Å². The molecule has 0 bridgehead atoms. The number of benzene rings is 3. The fourth-order valence-corrected chi connectivity index (χ4v) is 4.32. The average molecular weight is 483 g/mol. The van der Waals surface area contributed by atoms with Gasteiger partial charge < -0.3 is 10.2 Å². The van der Waals surface area contributed by atoms with E-state index < -0.39 is 6.04 Å². The van der Waals surface area contributed by atoms with Gasteiger partial charge in [-0.25, -0.2) is 0 Å². The molecule has 3 rings (SSSR count). The summed E-state index contributed by atoms with van der Waals surface area (Å²) in [5, 5.41) is 3.59. The second-order valence-corrected chi connectivity index (χ2v) is 9.08. The lowest BCUT2D eigenvalue weighted by Gasteiger charge is -2.31. The standard InChI is InChI=1S/C27H28Cl2N2O2/c1-18-11-19(2)13-22(12-18)16-26(32)31(17-21-9-10-23(28)24(29)14-21)25(27(33)30-3)15-20-7-5-4-6-8-20/h4-14,25H,15-17H2,1-3H3,(H,30,33). The largest absolute Gasteiger partial charge is 0.357 e. The van der Waals surface area contributed by atoms with Gasteiger partial charge in [0.25, 0.3) is 0 Å². The van der Waals surface area contributed by atoms with Crippen molar-refractivity contribution in [3.63, 3.8) is 0 Å². The lowest BCUT2D eigenvalue weighted by Crippen LogP contribution is -2.50. The van der Waals surface area contributed by atoms with Crippen molar-refractivity contribution in [2.75, 3.05) is 7.05 Å². The monoisotopic (exact) mass is 482 g/mol. The molecule has 0 saturated carbocycles. The lowest BCUT2D eigenvalue weighted by molar-refractivity contribution is -0.140.